The molecule has 92 valence electrons. The maximum Gasteiger partial charge on any atom is 0.134 e. The van der Waals surface area contributed by atoms with Gasteiger partial charge in [-0.05, 0) is 39.5 Å². The molecule has 1 aromatic heterocycles. The Kier molecular flexibility index (Phi) is 4.18. The Hall–Kier alpha value is -1.32. The lowest BCUT2D eigenvalue weighted by Crippen LogP contribution is -2.18. The zero-order valence-corrected chi connectivity index (χ0v) is 10.5. The number of nitrogens with one attached hydrogen (secondary N) is 2. The van der Waals surface area contributed by atoms with E-state index in [1.165, 1.54) is 10.9 Å². The predicted molar refractivity (Wildman–Crippen MR) is 71.2 cm³/mol. The molecule has 0 amide bonds. The molecule has 3 nitrogen and oxygen atoms in total. The van der Waals surface area contributed by atoms with Crippen LogP contribution in [0.4, 0.5) is 0 Å². The van der Waals surface area contributed by atoms with E-state index >= 15 is 0 Å². The molecule has 3 heteroatoms. The van der Waals surface area contributed by atoms with Gasteiger partial charge in [-0.1, -0.05) is 18.2 Å². The highest BCUT2D eigenvalue weighted by molar-refractivity contribution is 5.81. The molecule has 0 fully saturated rings. The van der Waals surface area contributed by atoms with Crippen LogP contribution in [0.15, 0.2) is 34.9 Å². The number of fused-ring (bicyclic) bond motifs is 1. The van der Waals surface area contributed by atoms with Crippen LogP contribution < -0.4 is 10.6 Å². The average Bonchev–Trinajstić information content (AvgIpc) is 2.79. The van der Waals surface area contributed by atoms with Gasteiger partial charge in [-0.3, -0.25) is 0 Å². The maximum atomic E-state index is 5.58. The van der Waals surface area contributed by atoms with Crippen molar-refractivity contribution in [2.24, 2.45) is 0 Å². The number of hydrogen-bond donors (Lipinski definition) is 2. The van der Waals surface area contributed by atoms with Crippen molar-refractivity contribution in [3.63, 3.8) is 0 Å². The number of benzene rings is 1. The van der Waals surface area contributed by atoms with Crippen LogP contribution in [0.5, 0.6) is 0 Å². The smallest absolute Gasteiger partial charge is 0.134 e. The lowest BCUT2D eigenvalue weighted by Gasteiger charge is -2.14. The molecule has 0 radical (unpaired) electrons. The molecular weight excluding hydrogens is 212 g/mol. The van der Waals surface area contributed by atoms with Crippen LogP contribution in [-0.2, 0) is 0 Å². The number of para-hydroxylation sites is 1. The summed E-state index contributed by atoms with van der Waals surface area (Å²) in [6.45, 7) is 1.05. The molecule has 1 unspecified atom stereocenters. The zero-order chi connectivity index (χ0) is 12.1. The Bertz CT molecular complexity index is 464. The van der Waals surface area contributed by atoms with Gasteiger partial charge in [0.15, 0.2) is 0 Å². The van der Waals surface area contributed by atoms with Crippen molar-refractivity contribution in [3.05, 3.63) is 36.1 Å². The van der Waals surface area contributed by atoms with Crippen molar-refractivity contribution in [2.75, 3.05) is 20.6 Å². The predicted octanol–water partition coefficient (Wildman–Crippen LogP) is 2.69. The third-order valence-corrected chi connectivity index (χ3v) is 3.15. The first-order valence-corrected chi connectivity index (χ1v) is 6.15. The average molecular weight is 232 g/mol. The van der Waals surface area contributed by atoms with Crippen LogP contribution in [0.1, 0.15) is 24.4 Å². The molecule has 1 heterocycles. The van der Waals surface area contributed by atoms with Gasteiger partial charge < -0.3 is 15.1 Å². The molecule has 2 aromatic rings. The van der Waals surface area contributed by atoms with E-state index in [0.29, 0.717) is 6.04 Å². The van der Waals surface area contributed by atoms with Crippen LogP contribution in [0.2, 0.25) is 0 Å². The Morgan fingerprint density at radius 2 is 2.06 bits per heavy atom. The largest absolute Gasteiger partial charge is 0.464 e. The van der Waals surface area contributed by atoms with E-state index in [2.05, 4.69) is 22.8 Å². The van der Waals surface area contributed by atoms with E-state index in [1.54, 1.807) is 0 Å². The summed E-state index contributed by atoms with van der Waals surface area (Å²) in [5, 5.41) is 7.76. The minimum absolute atomic E-state index is 0.368. The summed E-state index contributed by atoms with van der Waals surface area (Å²) in [4.78, 5) is 0. The molecule has 0 spiro atoms. The van der Waals surface area contributed by atoms with Crippen molar-refractivity contribution in [2.45, 2.75) is 18.9 Å². The molecule has 0 aliphatic rings. The Balaban J connectivity index is 2.18. The van der Waals surface area contributed by atoms with Gasteiger partial charge in [0, 0.05) is 17.0 Å². The van der Waals surface area contributed by atoms with Gasteiger partial charge in [-0.25, -0.2) is 0 Å². The van der Waals surface area contributed by atoms with Crippen molar-refractivity contribution in [1.29, 1.82) is 0 Å². The molecule has 0 aliphatic heterocycles. The van der Waals surface area contributed by atoms with E-state index in [1.807, 2.05) is 32.5 Å². The summed E-state index contributed by atoms with van der Waals surface area (Å²) >= 11 is 0. The van der Waals surface area contributed by atoms with E-state index < -0.39 is 0 Å². The quantitative estimate of drug-likeness (QED) is 0.752. The second-order valence-electron chi connectivity index (χ2n) is 4.27. The van der Waals surface area contributed by atoms with Gasteiger partial charge in [0.2, 0.25) is 0 Å². The molecule has 17 heavy (non-hydrogen) atoms. The molecule has 2 N–H and O–H groups in total. The van der Waals surface area contributed by atoms with Gasteiger partial charge in [-0.15, -0.1) is 0 Å². The van der Waals surface area contributed by atoms with Crippen LogP contribution in [0.25, 0.3) is 11.0 Å². The van der Waals surface area contributed by atoms with E-state index in [4.69, 9.17) is 4.42 Å². The molecule has 0 saturated carbocycles. The Morgan fingerprint density at radius 1 is 1.24 bits per heavy atom. The number of rotatable bonds is 6. The molecule has 0 aliphatic carbocycles. The van der Waals surface area contributed by atoms with Crippen LogP contribution in [0.3, 0.4) is 0 Å². The molecule has 2 rings (SSSR count). The summed E-state index contributed by atoms with van der Waals surface area (Å²) in [6, 6.07) is 8.56. The van der Waals surface area contributed by atoms with Gasteiger partial charge in [0.25, 0.3) is 0 Å². The molecule has 1 aromatic carbocycles. The lowest BCUT2D eigenvalue weighted by molar-refractivity contribution is 0.510. The first-order chi connectivity index (χ1) is 8.36. The fourth-order valence-electron chi connectivity index (χ4n) is 2.21. The van der Waals surface area contributed by atoms with Gasteiger partial charge in [0.05, 0.1) is 6.26 Å². The third-order valence-electron chi connectivity index (χ3n) is 3.15. The van der Waals surface area contributed by atoms with Crippen molar-refractivity contribution in [3.8, 4) is 0 Å². The third kappa shape index (κ3) is 2.68. The Labute approximate surface area is 102 Å². The SMILES string of the molecule is CNCCCC(NC)c1coc2ccccc12. The second-order valence-corrected chi connectivity index (χ2v) is 4.27. The molecule has 1 atom stereocenters. The van der Waals surface area contributed by atoms with Crippen LogP contribution in [0, 0.1) is 0 Å². The van der Waals surface area contributed by atoms with E-state index in [-0.39, 0.29) is 0 Å². The monoisotopic (exact) mass is 232 g/mol. The van der Waals surface area contributed by atoms with Gasteiger partial charge in [0.1, 0.15) is 5.58 Å². The topological polar surface area (TPSA) is 37.2 Å². The summed E-state index contributed by atoms with van der Waals surface area (Å²) in [6.07, 6.45) is 4.15. The molecular formula is C14H20N2O. The lowest BCUT2D eigenvalue weighted by atomic mass is 10.0. The number of furan rings is 1. The summed E-state index contributed by atoms with van der Waals surface area (Å²) in [5.74, 6) is 0. The summed E-state index contributed by atoms with van der Waals surface area (Å²) < 4.78 is 5.58. The van der Waals surface area contributed by atoms with Crippen molar-refractivity contribution in [1.82, 2.24) is 10.6 Å². The summed E-state index contributed by atoms with van der Waals surface area (Å²) in [7, 11) is 3.99. The first-order valence-electron chi connectivity index (χ1n) is 6.15. The first kappa shape index (κ1) is 12.1. The summed E-state index contributed by atoms with van der Waals surface area (Å²) in [5.41, 5.74) is 2.23. The van der Waals surface area contributed by atoms with Crippen LogP contribution >= 0.6 is 0 Å². The van der Waals surface area contributed by atoms with Crippen LogP contribution in [-0.4, -0.2) is 20.6 Å². The fourth-order valence-corrected chi connectivity index (χ4v) is 2.21. The normalized spacial score (nSPS) is 13.1. The minimum atomic E-state index is 0.368. The maximum absolute atomic E-state index is 5.58. The standard InChI is InChI=1S/C14H20N2O/c1-15-9-5-7-13(16-2)12-10-17-14-8-4-3-6-11(12)14/h3-4,6,8,10,13,15-16H,5,7,9H2,1-2H3. The van der Waals surface area contributed by atoms with E-state index in [0.717, 1.165) is 25.0 Å². The minimum Gasteiger partial charge on any atom is -0.464 e. The highest BCUT2D eigenvalue weighted by atomic mass is 16.3. The highest BCUT2D eigenvalue weighted by Gasteiger charge is 2.14. The number of hydrogen-bond acceptors (Lipinski definition) is 3. The second kappa shape index (κ2) is 5.84. The van der Waals surface area contributed by atoms with Crippen molar-refractivity contribution < 1.29 is 4.42 Å². The zero-order valence-electron chi connectivity index (χ0n) is 10.5. The fraction of sp³-hybridized carbons (Fsp3) is 0.429. The molecule has 0 saturated heterocycles. The van der Waals surface area contributed by atoms with Gasteiger partial charge in [-0.2, -0.15) is 0 Å². The molecule has 0 bridgehead atoms. The highest BCUT2D eigenvalue weighted by Crippen LogP contribution is 2.28. The Morgan fingerprint density at radius 3 is 2.82 bits per heavy atom. The van der Waals surface area contributed by atoms with Gasteiger partial charge >= 0.3 is 0 Å². The van der Waals surface area contributed by atoms with Crippen molar-refractivity contribution >= 4 is 11.0 Å². The van der Waals surface area contributed by atoms with E-state index in [9.17, 15) is 0 Å².